The summed E-state index contributed by atoms with van der Waals surface area (Å²) in [6.07, 6.45) is 0. The van der Waals surface area contributed by atoms with E-state index in [4.69, 9.17) is 9.97 Å². The Kier molecular flexibility index (Phi) is 12.6. The molecule has 0 unspecified atom stereocenters. The average molecular weight is 1350 g/mol. The molecule has 5 nitrogen and oxygen atoms in total. The number of para-hydroxylation sites is 3. The molecule has 0 amide bonds. The van der Waals surface area contributed by atoms with Gasteiger partial charge in [-0.3, -0.25) is 9.13 Å². The maximum atomic E-state index is 5.70. The van der Waals surface area contributed by atoms with Gasteiger partial charge in [0.1, 0.15) is 5.82 Å². The number of hydrogen-bond acceptors (Lipinski definition) is 5. The Labute approximate surface area is 597 Å². The highest BCUT2D eigenvalue weighted by atomic mass is 32.1. The van der Waals surface area contributed by atoms with Gasteiger partial charge in [-0.15, -0.1) is 34.0 Å². The summed E-state index contributed by atoms with van der Waals surface area (Å²) in [5.74, 6) is 1.38. The molecule has 15 aromatic carbocycles. The van der Waals surface area contributed by atoms with E-state index in [1.54, 1.807) is 0 Å². The summed E-state index contributed by atoms with van der Waals surface area (Å²) >= 11 is 5.57. The predicted octanol–water partition coefficient (Wildman–Crippen LogP) is 26.9. The fourth-order valence-corrected chi connectivity index (χ4v) is 19.5. The summed E-state index contributed by atoms with van der Waals surface area (Å²) in [6, 6.07) is 123. The van der Waals surface area contributed by atoms with Crippen molar-refractivity contribution in [3.8, 4) is 84.3 Å². The van der Waals surface area contributed by atoms with E-state index in [2.05, 4.69) is 347 Å². The second-order valence-electron chi connectivity index (χ2n) is 26.8. The molecule has 0 radical (unpaired) electrons. The number of nitrogens with zero attached hydrogens (tertiary/aromatic N) is 5. The Morgan fingerprint density at radius 3 is 0.892 bits per heavy atom. The Bertz CT molecular complexity index is 6990. The van der Waals surface area contributed by atoms with Gasteiger partial charge in [0, 0.05) is 110 Å². The minimum atomic E-state index is 0.598. The van der Waals surface area contributed by atoms with Gasteiger partial charge < -0.3 is 4.57 Å². The normalized spacial score (nSPS) is 12.1. The number of rotatable bonds is 9. The molecule has 0 saturated heterocycles. The molecule has 0 aliphatic rings. The standard InChI is InChI=1S/C94H55N5S3/c1-7-19-81-68(13-1)74-49-61(64-38-46-90-77(52-64)71-16-4-10-22-87(71)100-90)35-43-84(74)97(81)67-41-33-59(34-42-67)57-27-25-56(26-28-57)58-29-31-60(32-30-58)80-55-93(98-82-20-8-2-14-69(82)75-50-62(36-44-85(75)98)65-39-47-91-78(53-65)72-17-5-11-23-88(72)101-91)96-94(95-80)99-83-21-9-3-15-70(83)76-51-63(37-45-86(76)99)66-40-48-92-79(54-66)73-18-6-12-24-89(73)102-92/h1-55H. The summed E-state index contributed by atoms with van der Waals surface area (Å²) in [5, 5.41) is 14.9. The molecule has 7 heterocycles. The number of thiophene rings is 3. The second kappa shape index (κ2) is 22.5. The molecule has 22 rings (SSSR count). The quantitative estimate of drug-likeness (QED) is 0.144. The van der Waals surface area contributed by atoms with Crippen LogP contribution in [0.25, 0.3) is 210 Å². The lowest BCUT2D eigenvalue weighted by atomic mass is 9.99. The third-order valence-electron chi connectivity index (χ3n) is 21.1. The zero-order valence-corrected chi connectivity index (χ0v) is 57.2. The first kappa shape index (κ1) is 57.4. The summed E-state index contributed by atoms with van der Waals surface area (Å²) in [4.78, 5) is 11.3. The third-order valence-corrected chi connectivity index (χ3v) is 24.6. The van der Waals surface area contributed by atoms with Crippen molar-refractivity contribution in [3.05, 3.63) is 334 Å². The van der Waals surface area contributed by atoms with Gasteiger partial charge in [0.05, 0.1) is 38.8 Å². The molecule has 0 aliphatic heterocycles. The average Bonchev–Trinajstić information content (AvgIpc) is 1.57. The molecule has 8 heteroatoms. The number of aromatic nitrogens is 5. The van der Waals surface area contributed by atoms with Crippen LogP contribution in [0.5, 0.6) is 0 Å². The summed E-state index contributed by atoms with van der Waals surface area (Å²) < 4.78 is 14.9. The first-order chi connectivity index (χ1) is 50.5. The van der Waals surface area contributed by atoms with Gasteiger partial charge in [-0.1, -0.05) is 206 Å². The monoisotopic (exact) mass is 1350 g/mol. The highest BCUT2D eigenvalue weighted by Crippen LogP contribution is 2.45. The first-order valence-electron chi connectivity index (χ1n) is 34.6. The number of benzene rings is 15. The fourth-order valence-electron chi connectivity index (χ4n) is 16.2. The molecule has 0 atom stereocenters. The maximum Gasteiger partial charge on any atom is 0.237 e. The van der Waals surface area contributed by atoms with Crippen LogP contribution in [0.1, 0.15) is 0 Å². The van der Waals surface area contributed by atoms with Crippen LogP contribution < -0.4 is 0 Å². The van der Waals surface area contributed by atoms with Crippen LogP contribution in [-0.4, -0.2) is 23.7 Å². The third kappa shape index (κ3) is 9.00. The minimum absolute atomic E-state index is 0.598. The summed E-state index contributed by atoms with van der Waals surface area (Å²) in [5.41, 5.74) is 21.3. The number of hydrogen-bond donors (Lipinski definition) is 0. The van der Waals surface area contributed by atoms with E-state index in [1.165, 1.54) is 116 Å². The van der Waals surface area contributed by atoms with Crippen molar-refractivity contribution < 1.29 is 0 Å². The van der Waals surface area contributed by atoms with Gasteiger partial charge in [-0.25, -0.2) is 4.98 Å². The van der Waals surface area contributed by atoms with Crippen molar-refractivity contribution in [1.82, 2.24) is 23.7 Å². The highest BCUT2D eigenvalue weighted by Gasteiger charge is 2.23. The lowest BCUT2D eigenvalue weighted by molar-refractivity contribution is 0.952. The maximum absolute atomic E-state index is 5.70. The Balaban J connectivity index is 0.623. The zero-order chi connectivity index (χ0) is 66.7. The van der Waals surface area contributed by atoms with Gasteiger partial charge in [0.2, 0.25) is 5.95 Å². The van der Waals surface area contributed by atoms with Gasteiger partial charge in [0.15, 0.2) is 0 Å². The predicted molar refractivity (Wildman–Crippen MR) is 436 cm³/mol. The van der Waals surface area contributed by atoms with E-state index in [-0.39, 0.29) is 0 Å². The van der Waals surface area contributed by atoms with E-state index < -0.39 is 0 Å². The highest BCUT2D eigenvalue weighted by molar-refractivity contribution is 7.26. The largest absolute Gasteiger partial charge is 0.309 e. The molecule has 0 saturated carbocycles. The van der Waals surface area contributed by atoms with Crippen LogP contribution in [0.3, 0.4) is 0 Å². The molecule has 0 bridgehead atoms. The molecule has 102 heavy (non-hydrogen) atoms. The summed E-state index contributed by atoms with van der Waals surface area (Å²) in [6.45, 7) is 0. The van der Waals surface area contributed by atoms with E-state index >= 15 is 0 Å². The molecule has 7 aromatic heterocycles. The smallest absolute Gasteiger partial charge is 0.237 e. The van der Waals surface area contributed by atoms with E-state index in [9.17, 15) is 0 Å². The van der Waals surface area contributed by atoms with E-state index in [1.807, 2.05) is 34.0 Å². The molecule has 0 fully saturated rings. The molecular weight excluding hydrogens is 1300 g/mol. The van der Waals surface area contributed by atoms with Crippen molar-refractivity contribution in [2.24, 2.45) is 0 Å². The molecular formula is C94H55N5S3. The van der Waals surface area contributed by atoms with Crippen LogP contribution >= 0.6 is 34.0 Å². The number of fused-ring (bicyclic) bond motifs is 18. The molecule has 0 N–H and O–H groups in total. The minimum Gasteiger partial charge on any atom is -0.309 e. The SMILES string of the molecule is c1ccc2c(c1)sc1ccc(-c3ccc4c(c3)c3ccccc3n4-c3ccc(-c4ccc(-c5ccc(-c6cc(-n7c8ccccc8c8cc(-c9ccc%10sc%11ccccc%11c%10c9)ccc87)nc(-n7c8ccccc8c8cc(-c9ccc%10sc%11ccccc%11c%10c9)ccc87)n6)cc5)cc4)cc3)cc12. The van der Waals surface area contributed by atoms with Gasteiger partial charge in [-0.05, 0) is 177 Å². The van der Waals surface area contributed by atoms with E-state index in [0.29, 0.717) is 5.95 Å². The van der Waals surface area contributed by atoms with Crippen molar-refractivity contribution in [3.63, 3.8) is 0 Å². The topological polar surface area (TPSA) is 40.6 Å². The van der Waals surface area contributed by atoms with Crippen LogP contribution in [0.2, 0.25) is 0 Å². The lowest BCUT2D eigenvalue weighted by Crippen LogP contribution is -2.07. The zero-order valence-electron chi connectivity index (χ0n) is 54.7. The fraction of sp³-hybridized carbons (Fsp3) is 0. The van der Waals surface area contributed by atoms with Crippen molar-refractivity contribution in [2.45, 2.75) is 0 Å². The molecule has 0 spiro atoms. The Hall–Kier alpha value is -12.6. The van der Waals surface area contributed by atoms with Crippen LogP contribution in [0.4, 0.5) is 0 Å². The summed E-state index contributed by atoms with van der Waals surface area (Å²) in [7, 11) is 0. The van der Waals surface area contributed by atoms with E-state index in [0.717, 1.165) is 88.6 Å². The van der Waals surface area contributed by atoms with Gasteiger partial charge in [0.25, 0.3) is 0 Å². The first-order valence-corrected chi connectivity index (χ1v) is 37.0. The second-order valence-corrected chi connectivity index (χ2v) is 30.0. The molecule has 22 aromatic rings. The van der Waals surface area contributed by atoms with Crippen molar-refractivity contribution in [1.29, 1.82) is 0 Å². The van der Waals surface area contributed by atoms with Gasteiger partial charge in [-0.2, -0.15) is 4.98 Å². The van der Waals surface area contributed by atoms with Crippen LogP contribution in [0.15, 0.2) is 334 Å². The van der Waals surface area contributed by atoms with Crippen molar-refractivity contribution >= 4 is 160 Å². The van der Waals surface area contributed by atoms with Crippen LogP contribution in [-0.2, 0) is 0 Å². The molecule has 0 aliphatic carbocycles. The Morgan fingerprint density at radius 2 is 0.471 bits per heavy atom. The van der Waals surface area contributed by atoms with Crippen LogP contribution in [0, 0.1) is 0 Å². The van der Waals surface area contributed by atoms with Gasteiger partial charge >= 0.3 is 0 Å². The Morgan fingerprint density at radius 1 is 0.186 bits per heavy atom. The molecule has 474 valence electrons. The van der Waals surface area contributed by atoms with Crippen molar-refractivity contribution in [2.75, 3.05) is 0 Å². The lowest BCUT2D eigenvalue weighted by Gasteiger charge is -2.14.